The summed E-state index contributed by atoms with van der Waals surface area (Å²) in [6, 6.07) is 0. The van der Waals surface area contributed by atoms with Gasteiger partial charge in [0.2, 0.25) is 0 Å². The third kappa shape index (κ3) is 62.4. The molecule has 0 N–H and O–H groups in total. The van der Waals surface area contributed by atoms with Crippen LogP contribution < -0.4 is 0 Å². The Balaban J connectivity index is 4.20. The molecule has 0 saturated heterocycles. The van der Waals surface area contributed by atoms with Gasteiger partial charge >= 0.3 is 17.9 Å². The summed E-state index contributed by atoms with van der Waals surface area (Å²) >= 11 is 0. The number of rotatable bonds is 62. The zero-order valence-electron chi connectivity index (χ0n) is 50.6. The van der Waals surface area contributed by atoms with Crippen LogP contribution in [0.4, 0.5) is 0 Å². The zero-order valence-corrected chi connectivity index (χ0v) is 50.6. The quantitative estimate of drug-likeness (QED) is 0.0261. The average molecular weight is 1050 g/mol. The van der Waals surface area contributed by atoms with Crippen LogP contribution >= 0.6 is 0 Å². The van der Waals surface area contributed by atoms with Gasteiger partial charge in [-0.1, -0.05) is 327 Å². The highest BCUT2D eigenvalue weighted by Gasteiger charge is 2.19. The van der Waals surface area contributed by atoms with Crippen LogP contribution in [0.2, 0.25) is 0 Å². The van der Waals surface area contributed by atoms with Crippen molar-refractivity contribution in [2.24, 2.45) is 0 Å². The molecule has 440 valence electrons. The van der Waals surface area contributed by atoms with E-state index in [9.17, 15) is 14.4 Å². The second kappa shape index (κ2) is 64.2. The predicted octanol–water partition coefficient (Wildman–Crippen LogP) is 22.8. The van der Waals surface area contributed by atoms with Crippen molar-refractivity contribution < 1.29 is 28.6 Å². The minimum absolute atomic E-state index is 0.0699. The second-order valence-electron chi connectivity index (χ2n) is 22.7. The number of hydrogen-bond acceptors (Lipinski definition) is 6. The van der Waals surface area contributed by atoms with Crippen LogP contribution in [-0.2, 0) is 28.6 Å². The van der Waals surface area contributed by atoms with E-state index in [-0.39, 0.29) is 31.1 Å². The van der Waals surface area contributed by atoms with Crippen molar-refractivity contribution >= 4 is 17.9 Å². The van der Waals surface area contributed by atoms with Crippen LogP contribution in [0.25, 0.3) is 0 Å². The molecule has 1 unspecified atom stereocenters. The van der Waals surface area contributed by atoms with Crippen molar-refractivity contribution in [3.63, 3.8) is 0 Å². The van der Waals surface area contributed by atoms with Gasteiger partial charge in [0.1, 0.15) is 13.2 Å². The second-order valence-corrected chi connectivity index (χ2v) is 22.7. The molecule has 0 aromatic carbocycles. The van der Waals surface area contributed by atoms with Crippen LogP contribution in [0.15, 0.2) is 36.5 Å². The Labute approximate surface area is 467 Å². The van der Waals surface area contributed by atoms with E-state index in [1.54, 1.807) is 0 Å². The molecular weight excluding hydrogens is 925 g/mol. The molecule has 0 aromatic rings. The number of carbonyl (C=O) groups excluding carboxylic acids is 3. The molecule has 75 heavy (non-hydrogen) atoms. The van der Waals surface area contributed by atoms with E-state index >= 15 is 0 Å². The lowest BCUT2D eigenvalue weighted by Gasteiger charge is -2.18. The summed E-state index contributed by atoms with van der Waals surface area (Å²) in [5.74, 6) is -0.854. The Morgan fingerprint density at radius 2 is 0.480 bits per heavy atom. The first-order valence-electron chi connectivity index (χ1n) is 33.5. The lowest BCUT2D eigenvalue weighted by atomic mass is 10.0. The fourth-order valence-corrected chi connectivity index (χ4v) is 10.1. The summed E-state index contributed by atoms with van der Waals surface area (Å²) in [6.45, 7) is 6.67. The first-order chi connectivity index (χ1) is 37.0. The average Bonchev–Trinajstić information content (AvgIpc) is 3.41. The standard InChI is InChI=1S/C69H128O6/c1-4-7-10-13-16-19-22-24-26-28-30-32-34-36-37-39-41-43-45-47-50-53-56-59-62-68(71)74-65-66(64-73-67(70)61-58-55-52-49-21-18-15-12-9-6-3)75-69(72)63-60-57-54-51-48-46-44-42-40-38-35-33-31-29-27-25-23-20-17-14-11-8-5-2/h23,25,29,31,35,38,66H,4-22,24,26-28,30,32-34,36-37,39-65H2,1-3H3/b25-23-,31-29-,38-35-. The Morgan fingerprint density at radius 1 is 0.267 bits per heavy atom. The first-order valence-corrected chi connectivity index (χ1v) is 33.5. The van der Waals surface area contributed by atoms with Gasteiger partial charge in [0.25, 0.3) is 0 Å². The van der Waals surface area contributed by atoms with E-state index in [2.05, 4.69) is 57.2 Å². The molecule has 0 saturated carbocycles. The van der Waals surface area contributed by atoms with Gasteiger partial charge in [-0.05, 0) is 57.8 Å². The van der Waals surface area contributed by atoms with Gasteiger partial charge < -0.3 is 14.2 Å². The molecule has 6 heteroatoms. The number of ether oxygens (including phenoxy) is 3. The summed E-state index contributed by atoms with van der Waals surface area (Å²) in [7, 11) is 0. The maximum atomic E-state index is 12.9. The molecule has 0 fully saturated rings. The highest BCUT2D eigenvalue weighted by atomic mass is 16.6. The van der Waals surface area contributed by atoms with Gasteiger partial charge in [0.15, 0.2) is 6.10 Å². The monoisotopic (exact) mass is 1050 g/mol. The molecular formula is C69H128O6. The highest BCUT2D eigenvalue weighted by molar-refractivity contribution is 5.71. The van der Waals surface area contributed by atoms with Gasteiger partial charge in [0, 0.05) is 19.3 Å². The van der Waals surface area contributed by atoms with Crippen LogP contribution in [0.3, 0.4) is 0 Å². The van der Waals surface area contributed by atoms with E-state index in [1.165, 1.54) is 250 Å². The van der Waals surface area contributed by atoms with Crippen molar-refractivity contribution in [1.82, 2.24) is 0 Å². The van der Waals surface area contributed by atoms with Gasteiger partial charge in [-0.2, -0.15) is 0 Å². The van der Waals surface area contributed by atoms with Crippen molar-refractivity contribution in [3.05, 3.63) is 36.5 Å². The Morgan fingerprint density at radius 3 is 0.747 bits per heavy atom. The predicted molar refractivity (Wildman–Crippen MR) is 326 cm³/mol. The van der Waals surface area contributed by atoms with E-state index < -0.39 is 6.10 Å². The van der Waals surface area contributed by atoms with E-state index in [0.29, 0.717) is 19.3 Å². The molecule has 6 nitrogen and oxygen atoms in total. The summed E-state index contributed by atoms with van der Waals surface area (Å²) in [5.41, 5.74) is 0. The molecule has 0 aromatic heterocycles. The first kappa shape index (κ1) is 72.6. The lowest BCUT2D eigenvalue weighted by Crippen LogP contribution is -2.30. The zero-order chi connectivity index (χ0) is 54.3. The SMILES string of the molecule is CCCCCCC/C=C\C/C=C\C/C=C\CCCCCCCCCCC(=O)OC(COC(=O)CCCCCCCCCCCC)COC(=O)CCCCCCCCCCCCCCCCCCCCCCCCCC. The largest absolute Gasteiger partial charge is 0.462 e. The third-order valence-electron chi connectivity index (χ3n) is 15.1. The topological polar surface area (TPSA) is 78.9 Å². The Bertz CT molecular complexity index is 1250. The van der Waals surface area contributed by atoms with Gasteiger partial charge in [0.05, 0.1) is 0 Å². The fourth-order valence-electron chi connectivity index (χ4n) is 10.1. The fraction of sp³-hybridized carbons (Fsp3) is 0.870. The number of carbonyl (C=O) groups is 3. The normalized spacial score (nSPS) is 12.2. The van der Waals surface area contributed by atoms with Gasteiger partial charge in [-0.3, -0.25) is 14.4 Å². The maximum Gasteiger partial charge on any atom is 0.306 e. The molecule has 0 spiro atoms. The Hall–Kier alpha value is -2.37. The van der Waals surface area contributed by atoms with Crippen molar-refractivity contribution in [2.45, 2.75) is 374 Å². The lowest BCUT2D eigenvalue weighted by molar-refractivity contribution is -0.167. The number of unbranched alkanes of at least 4 members (excludes halogenated alkanes) is 45. The number of hydrogen-bond donors (Lipinski definition) is 0. The van der Waals surface area contributed by atoms with Crippen LogP contribution in [0, 0.1) is 0 Å². The van der Waals surface area contributed by atoms with E-state index in [1.807, 2.05) is 0 Å². The summed E-state index contributed by atoms with van der Waals surface area (Å²) < 4.78 is 16.9. The van der Waals surface area contributed by atoms with E-state index in [4.69, 9.17) is 14.2 Å². The molecule has 1 atom stereocenters. The Kier molecular flexibility index (Phi) is 62.1. The van der Waals surface area contributed by atoms with Crippen molar-refractivity contribution in [1.29, 1.82) is 0 Å². The van der Waals surface area contributed by atoms with Gasteiger partial charge in [-0.25, -0.2) is 0 Å². The van der Waals surface area contributed by atoms with Crippen molar-refractivity contribution in [3.8, 4) is 0 Å². The molecule has 0 rings (SSSR count). The van der Waals surface area contributed by atoms with Crippen molar-refractivity contribution in [2.75, 3.05) is 13.2 Å². The van der Waals surface area contributed by atoms with E-state index in [0.717, 1.165) is 77.0 Å². The summed E-state index contributed by atoms with van der Waals surface area (Å²) in [6.07, 6.45) is 78.8. The molecule has 0 aliphatic rings. The number of esters is 3. The minimum atomic E-state index is -0.773. The van der Waals surface area contributed by atoms with Crippen LogP contribution in [-0.4, -0.2) is 37.2 Å². The maximum absolute atomic E-state index is 12.9. The molecule has 0 heterocycles. The highest BCUT2D eigenvalue weighted by Crippen LogP contribution is 2.18. The van der Waals surface area contributed by atoms with Crippen LogP contribution in [0.5, 0.6) is 0 Å². The molecule has 0 aliphatic heterocycles. The molecule has 0 radical (unpaired) electrons. The summed E-state index contributed by atoms with van der Waals surface area (Å²) in [5, 5.41) is 0. The minimum Gasteiger partial charge on any atom is -0.462 e. The molecule has 0 aliphatic carbocycles. The third-order valence-corrected chi connectivity index (χ3v) is 15.1. The summed E-state index contributed by atoms with van der Waals surface area (Å²) in [4.78, 5) is 38.3. The molecule has 0 bridgehead atoms. The van der Waals surface area contributed by atoms with Crippen LogP contribution in [0.1, 0.15) is 367 Å². The molecule has 0 amide bonds. The smallest absolute Gasteiger partial charge is 0.306 e. The van der Waals surface area contributed by atoms with Gasteiger partial charge in [-0.15, -0.1) is 0 Å². The number of allylic oxidation sites excluding steroid dienone is 6.